The standard InChI is InChI=1S/C22H23Cl2N5S/c23-19-6-3-4-17(12-19)14-29-16-20(13-25-29)26-22(30)28-10-8-27(9-11-28)15-18-5-1-2-7-21(18)24/h1-7,12-13,16H,8-11,14-15H2,(H,26,30). The number of aromatic nitrogens is 2. The van der Waals surface area contributed by atoms with Gasteiger partial charge < -0.3 is 10.2 Å². The lowest BCUT2D eigenvalue weighted by atomic mass is 10.2. The van der Waals surface area contributed by atoms with E-state index in [0.717, 1.165) is 59.1 Å². The van der Waals surface area contributed by atoms with Crippen molar-refractivity contribution in [1.82, 2.24) is 19.6 Å². The van der Waals surface area contributed by atoms with Gasteiger partial charge in [-0.1, -0.05) is 53.5 Å². The minimum absolute atomic E-state index is 0.662. The van der Waals surface area contributed by atoms with Crippen molar-refractivity contribution in [2.45, 2.75) is 13.1 Å². The third kappa shape index (κ3) is 5.52. The van der Waals surface area contributed by atoms with E-state index in [9.17, 15) is 0 Å². The Kier molecular flexibility index (Phi) is 6.89. The van der Waals surface area contributed by atoms with Gasteiger partial charge in [0.05, 0.1) is 18.4 Å². The fourth-order valence-corrected chi connectivity index (χ4v) is 4.22. The number of hydrogen-bond donors (Lipinski definition) is 1. The first kappa shape index (κ1) is 21.1. The minimum Gasteiger partial charge on any atom is -0.346 e. The van der Waals surface area contributed by atoms with Crippen LogP contribution in [-0.4, -0.2) is 50.9 Å². The second-order valence-corrected chi connectivity index (χ2v) is 8.57. The van der Waals surface area contributed by atoms with Crippen LogP contribution in [0.25, 0.3) is 0 Å². The number of piperazine rings is 1. The average Bonchev–Trinajstić information content (AvgIpc) is 3.17. The van der Waals surface area contributed by atoms with Crippen molar-refractivity contribution < 1.29 is 0 Å². The van der Waals surface area contributed by atoms with Gasteiger partial charge >= 0.3 is 0 Å². The highest BCUT2D eigenvalue weighted by Crippen LogP contribution is 2.18. The van der Waals surface area contributed by atoms with Gasteiger partial charge in [-0.15, -0.1) is 0 Å². The smallest absolute Gasteiger partial charge is 0.173 e. The second-order valence-electron chi connectivity index (χ2n) is 7.34. The van der Waals surface area contributed by atoms with Gasteiger partial charge in [-0.2, -0.15) is 5.10 Å². The molecule has 1 N–H and O–H groups in total. The first-order chi connectivity index (χ1) is 14.6. The van der Waals surface area contributed by atoms with Crippen molar-refractivity contribution in [3.63, 3.8) is 0 Å². The zero-order valence-electron chi connectivity index (χ0n) is 16.5. The normalized spacial score (nSPS) is 14.7. The number of hydrogen-bond acceptors (Lipinski definition) is 3. The third-order valence-corrected chi connectivity index (χ3v) is 6.09. The summed E-state index contributed by atoms with van der Waals surface area (Å²) in [5.74, 6) is 0. The maximum atomic E-state index is 6.29. The van der Waals surface area contributed by atoms with Crippen LogP contribution in [-0.2, 0) is 13.1 Å². The van der Waals surface area contributed by atoms with Crippen LogP contribution in [0, 0.1) is 0 Å². The Labute approximate surface area is 192 Å². The predicted molar refractivity (Wildman–Crippen MR) is 127 cm³/mol. The lowest BCUT2D eigenvalue weighted by Gasteiger charge is -2.36. The van der Waals surface area contributed by atoms with Crippen LogP contribution in [0.5, 0.6) is 0 Å². The molecule has 0 amide bonds. The number of nitrogens with zero attached hydrogens (tertiary/aromatic N) is 4. The molecule has 156 valence electrons. The molecular formula is C22H23Cl2N5S. The van der Waals surface area contributed by atoms with E-state index >= 15 is 0 Å². The van der Waals surface area contributed by atoms with Crippen molar-refractivity contribution in [2.24, 2.45) is 0 Å². The number of thiocarbonyl (C=S) groups is 1. The molecule has 0 radical (unpaired) electrons. The molecule has 4 rings (SSSR count). The molecule has 1 fully saturated rings. The van der Waals surface area contributed by atoms with E-state index < -0.39 is 0 Å². The van der Waals surface area contributed by atoms with E-state index in [2.05, 4.69) is 26.3 Å². The topological polar surface area (TPSA) is 36.3 Å². The highest BCUT2D eigenvalue weighted by atomic mass is 35.5. The van der Waals surface area contributed by atoms with Crippen LogP contribution in [0.3, 0.4) is 0 Å². The highest BCUT2D eigenvalue weighted by Gasteiger charge is 2.20. The lowest BCUT2D eigenvalue weighted by Crippen LogP contribution is -2.49. The summed E-state index contributed by atoms with van der Waals surface area (Å²) >= 11 is 18.0. The molecule has 0 atom stereocenters. The molecule has 1 aromatic heterocycles. The Morgan fingerprint density at radius 1 is 1.00 bits per heavy atom. The maximum Gasteiger partial charge on any atom is 0.173 e. The van der Waals surface area contributed by atoms with E-state index in [1.807, 2.05) is 53.3 Å². The molecule has 0 spiro atoms. The van der Waals surface area contributed by atoms with Gasteiger partial charge in [0.25, 0.3) is 0 Å². The molecule has 0 unspecified atom stereocenters. The Hall–Kier alpha value is -2.12. The van der Waals surface area contributed by atoms with Crippen LogP contribution >= 0.6 is 35.4 Å². The van der Waals surface area contributed by atoms with Gasteiger partial charge in [0, 0.05) is 49.0 Å². The molecule has 0 saturated carbocycles. The molecular weight excluding hydrogens is 437 g/mol. The summed E-state index contributed by atoms with van der Waals surface area (Å²) < 4.78 is 1.87. The Morgan fingerprint density at radius 3 is 2.57 bits per heavy atom. The van der Waals surface area contributed by atoms with Crippen LogP contribution in [0.2, 0.25) is 10.0 Å². The van der Waals surface area contributed by atoms with Crippen molar-refractivity contribution in [3.8, 4) is 0 Å². The first-order valence-electron chi connectivity index (χ1n) is 9.85. The summed E-state index contributed by atoms with van der Waals surface area (Å²) in [4.78, 5) is 4.61. The van der Waals surface area contributed by atoms with E-state index in [4.69, 9.17) is 35.4 Å². The van der Waals surface area contributed by atoms with Crippen LogP contribution in [0.15, 0.2) is 60.9 Å². The van der Waals surface area contributed by atoms with E-state index in [1.165, 1.54) is 5.56 Å². The number of rotatable bonds is 5. The Morgan fingerprint density at radius 2 is 1.80 bits per heavy atom. The zero-order chi connectivity index (χ0) is 20.9. The quantitative estimate of drug-likeness (QED) is 0.556. The summed E-state index contributed by atoms with van der Waals surface area (Å²) in [6.45, 7) is 5.18. The molecule has 0 aliphatic carbocycles. The first-order valence-corrected chi connectivity index (χ1v) is 11.0. The molecule has 1 saturated heterocycles. The van der Waals surface area contributed by atoms with Gasteiger partial charge in [-0.05, 0) is 41.5 Å². The second kappa shape index (κ2) is 9.79. The molecule has 1 aliphatic rings. The summed E-state index contributed by atoms with van der Waals surface area (Å²) in [6, 6.07) is 15.8. The number of anilines is 1. The SMILES string of the molecule is S=C(Nc1cnn(Cc2cccc(Cl)c2)c1)N1CCN(Cc2ccccc2Cl)CC1. The summed E-state index contributed by atoms with van der Waals surface area (Å²) in [7, 11) is 0. The molecule has 2 heterocycles. The van der Waals surface area contributed by atoms with Crippen molar-refractivity contribution >= 4 is 46.2 Å². The molecule has 5 nitrogen and oxygen atoms in total. The third-order valence-electron chi connectivity index (χ3n) is 5.13. The minimum atomic E-state index is 0.662. The number of benzene rings is 2. The number of nitrogens with one attached hydrogen (secondary N) is 1. The summed E-state index contributed by atoms with van der Waals surface area (Å²) in [5.41, 5.74) is 3.16. The summed E-state index contributed by atoms with van der Waals surface area (Å²) in [6.07, 6.45) is 3.76. The van der Waals surface area contributed by atoms with Gasteiger partial charge in [-0.3, -0.25) is 9.58 Å². The van der Waals surface area contributed by atoms with Crippen LogP contribution in [0.4, 0.5) is 5.69 Å². The van der Waals surface area contributed by atoms with Gasteiger partial charge in [0.2, 0.25) is 0 Å². The average molecular weight is 460 g/mol. The fourth-order valence-electron chi connectivity index (χ4n) is 3.52. The van der Waals surface area contributed by atoms with Gasteiger partial charge in [-0.25, -0.2) is 0 Å². The molecule has 2 aromatic carbocycles. The van der Waals surface area contributed by atoms with Gasteiger partial charge in [0.15, 0.2) is 5.11 Å². The van der Waals surface area contributed by atoms with Crippen molar-refractivity contribution in [1.29, 1.82) is 0 Å². The van der Waals surface area contributed by atoms with Crippen LogP contribution < -0.4 is 5.32 Å². The van der Waals surface area contributed by atoms with Crippen molar-refractivity contribution in [2.75, 3.05) is 31.5 Å². The van der Waals surface area contributed by atoms with Gasteiger partial charge in [0.1, 0.15) is 0 Å². The Bertz CT molecular complexity index is 1010. The molecule has 30 heavy (non-hydrogen) atoms. The highest BCUT2D eigenvalue weighted by molar-refractivity contribution is 7.80. The van der Waals surface area contributed by atoms with E-state index in [1.54, 1.807) is 6.20 Å². The van der Waals surface area contributed by atoms with E-state index in [-0.39, 0.29) is 0 Å². The van der Waals surface area contributed by atoms with Crippen molar-refractivity contribution in [3.05, 3.63) is 82.1 Å². The molecule has 1 aliphatic heterocycles. The maximum absolute atomic E-state index is 6.29. The predicted octanol–water partition coefficient (Wildman–Crippen LogP) is 4.75. The number of halogens is 2. The lowest BCUT2D eigenvalue weighted by molar-refractivity contribution is 0.177. The van der Waals surface area contributed by atoms with Crippen LogP contribution in [0.1, 0.15) is 11.1 Å². The molecule has 0 bridgehead atoms. The summed E-state index contributed by atoms with van der Waals surface area (Å²) in [5, 5.41) is 10.0. The van der Waals surface area contributed by atoms with E-state index in [0.29, 0.717) is 6.54 Å². The zero-order valence-corrected chi connectivity index (χ0v) is 18.8. The monoisotopic (exact) mass is 459 g/mol. The molecule has 8 heteroatoms. The largest absolute Gasteiger partial charge is 0.346 e. The molecule has 3 aromatic rings. The fraction of sp³-hybridized carbons (Fsp3) is 0.273. The Balaban J connectivity index is 1.27.